The lowest BCUT2D eigenvalue weighted by atomic mass is 9.77. The number of halogens is 1. The first-order valence-electron chi connectivity index (χ1n) is 10.2. The smallest absolute Gasteiger partial charge is 0.404 e. The van der Waals surface area contributed by atoms with Gasteiger partial charge in [0.15, 0.2) is 29.0 Å². The molecule has 4 N–H and O–H groups in total. The predicted octanol–water partition coefficient (Wildman–Crippen LogP) is 4.09. The first-order valence-corrected chi connectivity index (χ1v) is 10.2. The van der Waals surface area contributed by atoms with Crippen molar-refractivity contribution >= 4 is 23.4 Å². The Hall–Kier alpha value is -3.74. The lowest BCUT2D eigenvalue weighted by Crippen LogP contribution is -2.50. The quantitative estimate of drug-likeness (QED) is 0.456. The Balaban J connectivity index is 1.90. The molecule has 2 atom stereocenters. The minimum atomic E-state index is -1.15. The maximum Gasteiger partial charge on any atom is 0.404 e. The summed E-state index contributed by atoms with van der Waals surface area (Å²) in [5.74, 6) is 0.631. The minimum absolute atomic E-state index is 0.0275. The number of hydrogen-bond acceptors (Lipinski definition) is 7. The van der Waals surface area contributed by atoms with Crippen molar-refractivity contribution in [2.75, 3.05) is 24.9 Å². The van der Waals surface area contributed by atoms with Crippen molar-refractivity contribution < 1.29 is 23.8 Å². The Bertz CT molecular complexity index is 1020. The third-order valence-electron chi connectivity index (χ3n) is 5.59. The SMILES string of the molecule is COc1ccc(Nc2nc(N[C@H](C3CCC3)[C@H](C)NC(=O)O)c(F)cc2C#N)cc1OC. The number of aromatic nitrogens is 1. The van der Waals surface area contributed by atoms with Gasteiger partial charge in [-0.3, -0.25) is 0 Å². The molecule has 1 aromatic carbocycles. The highest BCUT2D eigenvalue weighted by atomic mass is 19.1. The highest BCUT2D eigenvalue weighted by Gasteiger charge is 2.33. The number of carbonyl (C=O) groups is 1. The van der Waals surface area contributed by atoms with Crippen molar-refractivity contribution in [2.24, 2.45) is 5.92 Å². The van der Waals surface area contributed by atoms with Crippen LogP contribution in [0.1, 0.15) is 31.7 Å². The second-order valence-electron chi connectivity index (χ2n) is 7.62. The fourth-order valence-electron chi connectivity index (χ4n) is 3.71. The van der Waals surface area contributed by atoms with Crippen LogP contribution in [0.4, 0.5) is 26.5 Å². The molecule has 0 unspecified atom stereocenters. The number of nitrogens with zero attached hydrogens (tertiary/aromatic N) is 2. The maximum absolute atomic E-state index is 14.8. The van der Waals surface area contributed by atoms with E-state index < -0.39 is 18.0 Å². The summed E-state index contributed by atoms with van der Waals surface area (Å²) in [6.07, 6.45) is 1.72. The standard InChI is InChI=1S/C22H26FN5O4/c1-12(25-22(29)30)19(13-5-4-6-13)27-21-16(23)9-14(11-24)20(28-21)26-15-7-8-17(31-2)18(10-15)32-3/h7-10,12-13,19,25H,4-6H2,1-3H3,(H,29,30)(H2,26,27,28)/t12-,19-/m0/s1. The molecule has 1 aliphatic rings. The zero-order chi connectivity index (χ0) is 23.3. The van der Waals surface area contributed by atoms with Crippen molar-refractivity contribution in [3.63, 3.8) is 0 Å². The average Bonchev–Trinajstić information content (AvgIpc) is 2.73. The molecule has 0 saturated heterocycles. The normalized spacial score (nSPS) is 15.0. The van der Waals surface area contributed by atoms with Gasteiger partial charge in [-0.2, -0.15) is 5.26 Å². The van der Waals surface area contributed by atoms with E-state index in [1.165, 1.54) is 14.2 Å². The Labute approximate surface area is 185 Å². The van der Waals surface area contributed by atoms with Crippen LogP contribution < -0.4 is 25.4 Å². The summed E-state index contributed by atoms with van der Waals surface area (Å²) in [5, 5.41) is 27.1. The van der Waals surface area contributed by atoms with E-state index in [0.29, 0.717) is 17.2 Å². The first-order chi connectivity index (χ1) is 15.4. The number of benzene rings is 1. The molecule has 1 heterocycles. The largest absolute Gasteiger partial charge is 0.493 e. The number of anilines is 3. The molecule has 9 nitrogen and oxygen atoms in total. The van der Waals surface area contributed by atoms with Gasteiger partial charge in [0.05, 0.1) is 25.8 Å². The summed E-state index contributed by atoms with van der Waals surface area (Å²) in [5.41, 5.74) is 0.598. The zero-order valence-electron chi connectivity index (χ0n) is 18.1. The van der Waals surface area contributed by atoms with Gasteiger partial charge in [0.2, 0.25) is 0 Å². The topological polar surface area (TPSA) is 129 Å². The summed E-state index contributed by atoms with van der Waals surface area (Å²) in [7, 11) is 3.03. The third kappa shape index (κ3) is 5.11. The van der Waals surface area contributed by atoms with Gasteiger partial charge in [-0.25, -0.2) is 14.2 Å². The van der Waals surface area contributed by atoms with Gasteiger partial charge in [-0.15, -0.1) is 0 Å². The van der Waals surface area contributed by atoms with Crippen LogP contribution >= 0.6 is 0 Å². The molecule has 0 radical (unpaired) electrons. The molecule has 10 heteroatoms. The van der Waals surface area contributed by atoms with Crippen molar-refractivity contribution in [1.82, 2.24) is 10.3 Å². The Morgan fingerprint density at radius 2 is 1.97 bits per heavy atom. The molecule has 0 spiro atoms. The molecular weight excluding hydrogens is 417 g/mol. The van der Waals surface area contributed by atoms with E-state index in [-0.39, 0.29) is 29.2 Å². The predicted molar refractivity (Wildman–Crippen MR) is 117 cm³/mol. The van der Waals surface area contributed by atoms with E-state index in [2.05, 4.69) is 20.9 Å². The number of hydrogen-bond donors (Lipinski definition) is 4. The van der Waals surface area contributed by atoms with Gasteiger partial charge < -0.3 is 30.5 Å². The second-order valence-corrected chi connectivity index (χ2v) is 7.62. The molecule has 1 aliphatic carbocycles. The Kier molecular flexibility index (Phi) is 7.20. The Morgan fingerprint density at radius 3 is 2.53 bits per heavy atom. The number of rotatable bonds is 9. The Morgan fingerprint density at radius 1 is 1.25 bits per heavy atom. The van der Waals surface area contributed by atoms with E-state index in [0.717, 1.165) is 25.3 Å². The summed E-state index contributed by atoms with van der Waals surface area (Å²) in [6, 6.07) is 7.33. The molecule has 0 aliphatic heterocycles. The van der Waals surface area contributed by atoms with Gasteiger partial charge in [-0.1, -0.05) is 6.42 Å². The molecule has 2 aromatic rings. The van der Waals surface area contributed by atoms with Crippen molar-refractivity contribution in [3.8, 4) is 17.6 Å². The van der Waals surface area contributed by atoms with E-state index in [9.17, 15) is 14.4 Å². The van der Waals surface area contributed by atoms with E-state index in [1.54, 1.807) is 25.1 Å². The van der Waals surface area contributed by atoms with Crippen LogP contribution in [0.5, 0.6) is 11.5 Å². The highest BCUT2D eigenvalue weighted by Crippen LogP contribution is 2.35. The maximum atomic E-state index is 14.8. The lowest BCUT2D eigenvalue weighted by Gasteiger charge is -2.38. The van der Waals surface area contributed by atoms with E-state index >= 15 is 0 Å². The first kappa shape index (κ1) is 22.9. The van der Waals surface area contributed by atoms with Crippen LogP contribution in [0.25, 0.3) is 0 Å². The molecule has 170 valence electrons. The number of methoxy groups -OCH3 is 2. The molecule has 1 saturated carbocycles. The number of ether oxygens (including phenoxy) is 2. The van der Waals surface area contributed by atoms with Crippen LogP contribution in [-0.4, -0.2) is 42.5 Å². The highest BCUT2D eigenvalue weighted by molar-refractivity contribution is 5.68. The summed E-state index contributed by atoms with van der Waals surface area (Å²) in [6.45, 7) is 1.73. The van der Waals surface area contributed by atoms with Gasteiger partial charge in [0.25, 0.3) is 0 Å². The summed E-state index contributed by atoms with van der Waals surface area (Å²) >= 11 is 0. The van der Waals surface area contributed by atoms with Crippen molar-refractivity contribution in [3.05, 3.63) is 35.6 Å². The number of nitriles is 1. The summed E-state index contributed by atoms with van der Waals surface area (Å²) < 4.78 is 25.3. The van der Waals surface area contributed by atoms with Gasteiger partial charge in [0.1, 0.15) is 6.07 Å². The number of pyridine rings is 1. The minimum Gasteiger partial charge on any atom is -0.493 e. The van der Waals surface area contributed by atoms with Gasteiger partial charge >= 0.3 is 6.09 Å². The molecule has 1 fully saturated rings. The van der Waals surface area contributed by atoms with Gasteiger partial charge in [-0.05, 0) is 43.9 Å². The molecule has 1 aromatic heterocycles. The fraction of sp³-hybridized carbons (Fsp3) is 0.409. The van der Waals surface area contributed by atoms with Crippen molar-refractivity contribution in [2.45, 2.75) is 38.3 Å². The molecule has 1 amide bonds. The fourth-order valence-corrected chi connectivity index (χ4v) is 3.71. The number of amides is 1. The van der Waals surface area contributed by atoms with Gasteiger partial charge in [0, 0.05) is 17.8 Å². The number of nitrogens with one attached hydrogen (secondary N) is 3. The van der Waals surface area contributed by atoms with Crippen LogP contribution in [0.3, 0.4) is 0 Å². The molecule has 0 bridgehead atoms. The average molecular weight is 443 g/mol. The monoisotopic (exact) mass is 443 g/mol. The zero-order valence-corrected chi connectivity index (χ0v) is 18.1. The van der Waals surface area contributed by atoms with E-state index in [1.807, 2.05) is 6.07 Å². The lowest BCUT2D eigenvalue weighted by molar-refractivity contribution is 0.180. The van der Waals surface area contributed by atoms with Crippen LogP contribution in [0.15, 0.2) is 24.3 Å². The molecule has 3 rings (SSSR count). The molecule has 32 heavy (non-hydrogen) atoms. The second kappa shape index (κ2) is 10.0. The van der Waals surface area contributed by atoms with Crippen LogP contribution in [-0.2, 0) is 0 Å². The number of carboxylic acid groups (broad SMARTS) is 1. The van der Waals surface area contributed by atoms with Crippen LogP contribution in [0.2, 0.25) is 0 Å². The molecular formula is C22H26FN5O4. The van der Waals surface area contributed by atoms with E-state index in [4.69, 9.17) is 14.6 Å². The van der Waals surface area contributed by atoms with Crippen LogP contribution in [0, 0.1) is 23.1 Å². The third-order valence-corrected chi connectivity index (χ3v) is 5.59. The van der Waals surface area contributed by atoms with Crippen molar-refractivity contribution in [1.29, 1.82) is 5.26 Å². The summed E-state index contributed by atoms with van der Waals surface area (Å²) in [4.78, 5) is 15.4.